The molecular formula is C24H51NO. The average molecular weight is 370 g/mol. The van der Waals surface area contributed by atoms with Crippen molar-refractivity contribution < 1.29 is 4.74 Å². The molecule has 1 aliphatic heterocycles. The normalized spacial score (nSPS) is 19.4. The van der Waals surface area contributed by atoms with Gasteiger partial charge in [0.25, 0.3) is 0 Å². The number of hydrogen-bond donors (Lipinski definition) is 0. The van der Waals surface area contributed by atoms with Gasteiger partial charge in [0.1, 0.15) is 0 Å². The van der Waals surface area contributed by atoms with Gasteiger partial charge in [-0.05, 0) is 53.9 Å². The number of ether oxygens (including phenoxy) is 1. The molecule has 1 saturated heterocycles. The Labute approximate surface area is 166 Å². The van der Waals surface area contributed by atoms with Gasteiger partial charge in [-0.25, -0.2) is 0 Å². The summed E-state index contributed by atoms with van der Waals surface area (Å²) in [6.07, 6.45) is 4.24. The lowest BCUT2D eigenvalue weighted by molar-refractivity contribution is 0.0333. The second-order valence-corrected chi connectivity index (χ2v) is 11.9. The number of rotatable bonds is 2. The number of morpholine rings is 1. The summed E-state index contributed by atoms with van der Waals surface area (Å²) >= 11 is 0. The third-order valence-corrected chi connectivity index (χ3v) is 5.82. The number of nitrogens with zero attached hydrogens (tertiary/aromatic N) is 1. The van der Waals surface area contributed by atoms with Crippen molar-refractivity contribution in [3.63, 3.8) is 0 Å². The minimum Gasteiger partial charge on any atom is -0.379 e. The summed E-state index contributed by atoms with van der Waals surface area (Å²) in [6.45, 7) is 30.5. The third kappa shape index (κ3) is 15.0. The smallest absolute Gasteiger partial charge is 0.0594 e. The molecule has 0 amide bonds. The average Bonchev–Trinajstić information content (AvgIpc) is 3.30. The van der Waals surface area contributed by atoms with Crippen molar-refractivity contribution in [2.45, 2.75) is 95.4 Å². The largest absolute Gasteiger partial charge is 0.379 e. The van der Waals surface area contributed by atoms with Crippen LogP contribution >= 0.6 is 0 Å². The molecule has 2 heteroatoms. The molecule has 0 spiro atoms. The summed E-state index contributed by atoms with van der Waals surface area (Å²) in [6, 6.07) is 0. The molecule has 158 valence electrons. The lowest BCUT2D eigenvalue weighted by Crippen LogP contribution is -2.37. The van der Waals surface area contributed by atoms with Crippen molar-refractivity contribution in [1.82, 2.24) is 4.90 Å². The third-order valence-electron chi connectivity index (χ3n) is 5.82. The molecular weight excluding hydrogens is 318 g/mol. The fourth-order valence-corrected chi connectivity index (χ4v) is 2.27. The maximum absolute atomic E-state index is 5.29. The van der Waals surface area contributed by atoms with Gasteiger partial charge in [-0.1, -0.05) is 76.2 Å². The zero-order valence-electron chi connectivity index (χ0n) is 20.2. The van der Waals surface area contributed by atoms with E-state index in [0.29, 0.717) is 16.2 Å². The Morgan fingerprint density at radius 2 is 1.27 bits per heavy atom. The van der Waals surface area contributed by atoms with Gasteiger partial charge in [0.2, 0.25) is 0 Å². The Bertz CT molecular complexity index is 332. The molecule has 0 unspecified atom stereocenters. The number of hydrogen-bond acceptors (Lipinski definition) is 2. The molecule has 0 aromatic rings. The van der Waals surface area contributed by atoms with Gasteiger partial charge in [0.05, 0.1) is 13.2 Å². The summed E-state index contributed by atoms with van der Waals surface area (Å²) in [5.41, 5.74) is 1.58. The SMILES string of the molecule is CC(C)(C)C1CC1.CC(C)(C)CCN1CCOCC1.CC(C)C(C)(C)C. The van der Waals surface area contributed by atoms with Gasteiger partial charge < -0.3 is 4.74 Å². The van der Waals surface area contributed by atoms with Crippen LogP contribution in [0.5, 0.6) is 0 Å². The fourth-order valence-electron chi connectivity index (χ4n) is 2.27. The summed E-state index contributed by atoms with van der Waals surface area (Å²) in [5, 5.41) is 0. The van der Waals surface area contributed by atoms with E-state index in [-0.39, 0.29) is 0 Å². The van der Waals surface area contributed by atoms with Gasteiger partial charge in [0.15, 0.2) is 0 Å². The van der Waals surface area contributed by atoms with Gasteiger partial charge in [0, 0.05) is 13.1 Å². The molecule has 0 bridgehead atoms. The van der Waals surface area contributed by atoms with Crippen LogP contribution in [0, 0.1) is 28.1 Å². The minimum absolute atomic E-state index is 0.471. The molecule has 2 rings (SSSR count). The highest BCUT2D eigenvalue weighted by Crippen LogP contribution is 2.44. The topological polar surface area (TPSA) is 12.5 Å². The maximum atomic E-state index is 5.29. The van der Waals surface area contributed by atoms with E-state index < -0.39 is 0 Å². The molecule has 0 atom stereocenters. The van der Waals surface area contributed by atoms with E-state index in [4.69, 9.17) is 4.74 Å². The molecule has 1 heterocycles. The van der Waals surface area contributed by atoms with E-state index in [9.17, 15) is 0 Å². The molecule has 1 aliphatic carbocycles. The predicted molar refractivity (Wildman–Crippen MR) is 118 cm³/mol. The highest BCUT2D eigenvalue weighted by atomic mass is 16.5. The van der Waals surface area contributed by atoms with Crippen molar-refractivity contribution >= 4 is 0 Å². The second-order valence-electron chi connectivity index (χ2n) is 11.9. The minimum atomic E-state index is 0.471. The van der Waals surface area contributed by atoms with Crippen molar-refractivity contribution in [2.75, 3.05) is 32.8 Å². The van der Waals surface area contributed by atoms with Crippen molar-refractivity contribution in [1.29, 1.82) is 0 Å². The van der Waals surface area contributed by atoms with E-state index in [0.717, 1.165) is 38.1 Å². The van der Waals surface area contributed by atoms with Crippen LogP contribution in [0.15, 0.2) is 0 Å². The van der Waals surface area contributed by atoms with Crippen LogP contribution in [-0.2, 0) is 4.74 Å². The fraction of sp³-hybridized carbons (Fsp3) is 1.00. The first-order valence-corrected chi connectivity index (χ1v) is 10.9. The van der Waals surface area contributed by atoms with E-state index in [1.807, 2.05) is 0 Å². The first-order valence-electron chi connectivity index (χ1n) is 10.9. The van der Waals surface area contributed by atoms with Crippen LogP contribution in [0.25, 0.3) is 0 Å². The van der Waals surface area contributed by atoms with Crippen LogP contribution < -0.4 is 0 Å². The summed E-state index contributed by atoms with van der Waals surface area (Å²) < 4.78 is 5.29. The zero-order chi connectivity index (χ0) is 20.6. The van der Waals surface area contributed by atoms with Gasteiger partial charge in [-0.3, -0.25) is 4.90 Å². The van der Waals surface area contributed by atoms with E-state index >= 15 is 0 Å². The maximum Gasteiger partial charge on any atom is 0.0594 e. The lowest BCUT2D eigenvalue weighted by Gasteiger charge is -2.29. The molecule has 2 fully saturated rings. The second kappa shape index (κ2) is 11.1. The standard InChI is InChI=1S/C10H21NO.C7H14.C7H16/c1-10(2,3)4-5-11-6-8-12-9-7-11;1-7(2,3)6-4-5-6;1-6(2)7(3,4)5/h4-9H2,1-3H3;6H,4-5H2,1-3H3;6H,1-5H3. The predicted octanol–water partition coefficient (Wildman–Crippen LogP) is 6.89. The van der Waals surface area contributed by atoms with Crippen molar-refractivity contribution in [3.8, 4) is 0 Å². The molecule has 0 radical (unpaired) electrons. The zero-order valence-corrected chi connectivity index (χ0v) is 20.2. The molecule has 1 saturated carbocycles. The first-order chi connectivity index (χ1) is 11.6. The van der Waals surface area contributed by atoms with Crippen LogP contribution in [-0.4, -0.2) is 37.7 Å². The van der Waals surface area contributed by atoms with E-state index in [2.05, 4.69) is 81.1 Å². The van der Waals surface area contributed by atoms with Crippen LogP contribution in [0.1, 0.15) is 95.4 Å². The van der Waals surface area contributed by atoms with Crippen LogP contribution in [0.3, 0.4) is 0 Å². The monoisotopic (exact) mass is 369 g/mol. The molecule has 0 aromatic heterocycles. The van der Waals surface area contributed by atoms with E-state index in [1.54, 1.807) is 0 Å². The Morgan fingerprint density at radius 1 is 0.846 bits per heavy atom. The summed E-state index contributed by atoms with van der Waals surface area (Å²) in [4.78, 5) is 2.49. The highest BCUT2D eigenvalue weighted by molar-refractivity contribution is 4.84. The lowest BCUT2D eigenvalue weighted by atomic mass is 9.84. The molecule has 26 heavy (non-hydrogen) atoms. The van der Waals surface area contributed by atoms with Gasteiger partial charge in [-0.15, -0.1) is 0 Å². The van der Waals surface area contributed by atoms with Gasteiger partial charge in [-0.2, -0.15) is 0 Å². The van der Waals surface area contributed by atoms with Crippen molar-refractivity contribution in [2.24, 2.45) is 28.1 Å². The highest BCUT2D eigenvalue weighted by Gasteiger charge is 2.33. The Hall–Kier alpha value is -0.0800. The summed E-state index contributed by atoms with van der Waals surface area (Å²) in [7, 11) is 0. The van der Waals surface area contributed by atoms with Crippen molar-refractivity contribution in [3.05, 3.63) is 0 Å². The molecule has 0 aromatic carbocycles. The molecule has 2 nitrogen and oxygen atoms in total. The van der Waals surface area contributed by atoms with Gasteiger partial charge >= 0.3 is 0 Å². The molecule has 0 N–H and O–H groups in total. The van der Waals surface area contributed by atoms with E-state index in [1.165, 1.54) is 25.8 Å². The Balaban J connectivity index is 0.000000385. The molecule has 2 aliphatic rings. The quantitative estimate of drug-likeness (QED) is 0.525. The Morgan fingerprint density at radius 3 is 1.50 bits per heavy atom. The van der Waals surface area contributed by atoms with Crippen LogP contribution in [0.2, 0.25) is 0 Å². The van der Waals surface area contributed by atoms with Crippen LogP contribution in [0.4, 0.5) is 0 Å². The first kappa shape index (κ1) is 25.9. The Kier molecular flexibility index (Phi) is 11.0. The summed E-state index contributed by atoms with van der Waals surface area (Å²) in [5.74, 6) is 1.85.